The summed E-state index contributed by atoms with van der Waals surface area (Å²) in [4.78, 5) is 27.8. The van der Waals surface area contributed by atoms with E-state index in [2.05, 4.69) is 81.5 Å². The van der Waals surface area contributed by atoms with Crippen molar-refractivity contribution >= 4 is 17.8 Å². The summed E-state index contributed by atoms with van der Waals surface area (Å²) in [7, 11) is 0. The fourth-order valence-corrected chi connectivity index (χ4v) is 11.4. The zero-order valence-corrected chi connectivity index (χ0v) is 40.0. The number of piperidine rings is 2. The van der Waals surface area contributed by atoms with Crippen LogP contribution >= 0.6 is 0 Å². The Morgan fingerprint density at radius 1 is 0.550 bits per heavy atom. The van der Waals surface area contributed by atoms with Crippen molar-refractivity contribution in [2.75, 3.05) is 42.2 Å². The second-order valence-electron chi connectivity index (χ2n) is 21.9. The van der Waals surface area contributed by atoms with Gasteiger partial charge in [0.05, 0.1) is 24.4 Å². The molecule has 0 radical (unpaired) electrons. The van der Waals surface area contributed by atoms with E-state index in [1.54, 1.807) is 6.92 Å². The summed E-state index contributed by atoms with van der Waals surface area (Å²) < 4.78 is 5.76. The predicted octanol–water partition coefficient (Wildman–Crippen LogP) is 10.7. The lowest BCUT2D eigenvalue weighted by atomic mass is 9.73. The zero-order chi connectivity index (χ0) is 43.4. The Morgan fingerprint density at radius 3 is 1.25 bits per heavy atom. The third kappa shape index (κ3) is 15.2. The minimum Gasteiger partial charge on any atom is -0.391 e. The van der Waals surface area contributed by atoms with Crippen molar-refractivity contribution in [1.29, 1.82) is 0 Å². The molecule has 0 spiro atoms. The molecule has 2 aliphatic carbocycles. The maximum Gasteiger partial charge on any atom is 0.229 e. The van der Waals surface area contributed by atoms with Crippen molar-refractivity contribution in [3.05, 3.63) is 0 Å². The van der Waals surface area contributed by atoms with Gasteiger partial charge in [0.15, 0.2) is 0 Å². The molecule has 2 aliphatic heterocycles. The van der Waals surface area contributed by atoms with E-state index < -0.39 is 6.10 Å². The Morgan fingerprint density at radius 2 is 0.900 bits per heavy atom. The highest BCUT2D eigenvalue weighted by molar-refractivity contribution is 5.42. The molecule has 1 aromatic rings. The van der Waals surface area contributed by atoms with Crippen LogP contribution in [0.2, 0.25) is 0 Å². The van der Waals surface area contributed by atoms with E-state index in [4.69, 9.17) is 29.4 Å². The zero-order valence-electron chi connectivity index (χ0n) is 40.0. The molecule has 5 rings (SSSR count). The topological polar surface area (TPSA) is 129 Å². The van der Waals surface area contributed by atoms with Crippen molar-refractivity contribution in [1.82, 2.24) is 25.1 Å². The summed E-state index contributed by atoms with van der Waals surface area (Å²) in [6.07, 6.45) is 25.1. The lowest BCUT2D eigenvalue weighted by molar-refractivity contribution is -0.314. The molecule has 2 atom stereocenters. The number of hydrogen-bond donors (Lipinski definition) is 4. The number of ether oxygens (including phenoxy) is 1. The van der Waals surface area contributed by atoms with E-state index in [1.807, 2.05) is 6.92 Å². The Kier molecular flexibility index (Phi) is 18.6. The number of nitrogens with zero attached hydrogens (tertiary/aromatic N) is 5. The van der Waals surface area contributed by atoms with Crippen LogP contribution in [0, 0.1) is 11.8 Å². The van der Waals surface area contributed by atoms with Gasteiger partial charge < -0.3 is 25.8 Å². The molecule has 60 heavy (non-hydrogen) atoms. The minimum absolute atomic E-state index is 0.0241. The molecule has 2 unspecified atom stereocenters. The van der Waals surface area contributed by atoms with Crippen molar-refractivity contribution in [2.24, 2.45) is 11.8 Å². The number of hydrogen-bond acceptors (Lipinski definition) is 12. The molecule has 12 heteroatoms. The summed E-state index contributed by atoms with van der Waals surface area (Å²) in [5.41, 5.74) is 0.0965. The van der Waals surface area contributed by atoms with Gasteiger partial charge in [-0.2, -0.15) is 25.1 Å². The van der Waals surface area contributed by atoms with Crippen LogP contribution in [0.4, 0.5) is 17.8 Å². The molecule has 4 aliphatic rings. The van der Waals surface area contributed by atoms with Gasteiger partial charge >= 0.3 is 0 Å². The second-order valence-corrected chi connectivity index (χ2v) is 21.9. The Hall–Kier alpha value is -1.83. The normalized spacial score (nSPS) is 24.2. The van der Waals surface area contributed by atoms with Crippen LogP contribution in [0.25, 0.3) is 0 Å². The first-order chi connectivity index (χ1) is 28.4. The molecule has 3 heterocycles. The molecule has 0 amide bonds. The maximum absolute atomic E-state index is 9.77. The minimum atomic E-state index is -0.488. The number of rotatable bonds is 23. The molecule has 2 saturated carbocycles. The third-order valence-corrected chi connectivity index (χ3v) is 13.9. The molecular formula is C48H90N8O4. The largest absolute Gasteiger partial charge is 0.391 e. The van der Waals surface area contributed by atoms with E-state index >= 15 is 0 Å². The summed E-state index contributed by atoms with van der Waals surface area (Å²) in [6.45, 7) is 25.6. The smallest absolute Gasteiger partial charge is 0.229 e. The van der Waals surface area contributed by atoms with Crippen LogP contribution in [0.1, 0.15) is 204 Å². The van der Waals surface area contributed by atoms with Gasteiger partial charge in [-0.05, 0) is 152 Å². The molecule has 0 aromatic carbocycles. The summed E-state index contributed by atoms with van der Waals surface area (Å²) in [6, 6.07) is 0. The van der Waals surface area contributed by atoms with Crippen molar-refractivity contribution < 1.29 is 19.5 Å². The summed E-state index contributed by atoms with van der Waals surface area (Å²) in [5, 5.41) is 25.0. The van der Waals surface area contributed by atoms with Crippen molar-refractivity contribution in [3.63, 3.8) is 0 Å². The van der Waals surface area contributed by atoms with Gasteiger partial charge in [0, 0.05) is 48.4 Å². The van der Waals surface area contributed by atoms with Gasteiger partial charge in [-0.1, -0.05) is 64.2 Å². The average Bonchev–Trinajstić information content (AvgIpc) is 3.17. The van der Waals surface area contributed by atoms with Crippen LogP contribution in [-0.2, 0) is 14.4 Å². The Labute approximate surface area is 366 Å². The number of aromatic nitrogens is 3. The quantitative estimate of drug-likeness (QED) is 0.0783. The molecule has 1 aromatic heterocycles. The monoisotopic (exact) mass is 843 g/mol. The lowest BCUT2D eigenvalue weighted by Crippen LogP contribution is -2.61. The number of aliphatic hydroxyl groups is 1. The highest BCUT2D eigenvalue weighted by Gasteiger charge is 2.48. The van der Waals surface area contributed by atoms with Crippen LogP contribution in [0.5, 0.6) is 0 Å². The second kappa shape index (κ2) is 22.7. The van der Waals surface area contributed by atoms with Crippen LogP contribution in [0.15, 0.2) is 0 Å². The van der Waals surface area contributed by atoms with E-state index in [0.717, 1.165) is 32.4 Å². The van der Waals surface area contributed by atoms with E-state index in [9.17, 15) is 5.11 Å². The third-order valence-electron chi connectivity index (χ3n) is 13.9. The number of aliphatic hydroxyl groups excluding tert-OH is 1. The van der Waals surface area contributed by atoms with Crippen LogP contribution < -0.4 is 16.0 Å². The molecule has 4 N–H and O–H groups in total. The standard InChI is InChI=1S/C48H90N8O4/c1-36(57)37(2)58-31-21-30-51-44-53-42(49-28-19-17-22-38-32-45(3,4)55(46(5,6)33-38)59-40-24-13-11-14-25-40)52-43(54-44)50-29-20-18-23-39-34-47(7,8)56(48(9,10)35-39)60-41-26-15-12-16-27-41/h36-41,57H,11-35H2,1-10H3,(H3,49,50,51,52,53,54). The number of unbranched alkanes of at least 4 members (excludes halogenated alkanes) is 2. The van der Waals surface area contributed by atoms with Crippen LogP contribution in [-0.4, -0.2) is 103 Å². The SMILES string of the molecule is CC(O)C(C)OCCCNc1nc(NCCCCC2CC(C)(C)N(OC3CCCCC3)C(C)(C)C2)nc(NCCCCC2CC(C)(C)N(OC3CCCCC3)C(C)(C)C2)n1. The first-order valence-corrected chi connectivity index (χ1v) is 24.7. The Balaban J connectivity index is 1.08. The average molecular weight is 843 g/mol. The summed E-state index contributed by atoms with van der Waals surface area (Å²) in [5.74, 6) is 3.15. The molecule has 0 bridgehead atoms. The van der Waals surface area contributed by atoms with Gasteiger partial charge in [-0.15, -0.1) is 0 Å². The van der Waals surface area contributed by atoms with E-state index in [-0.39, 0.29) is 28.3 Å². The number of hydroxylamine groups is 4. The first-order valence-electron chi connectivity index (χ1n) is 24.7. The molecule has 12 nitrogen and oxygen atoms in total. The molecule has 4 fully saturated rings. The van der Waals surface area contributed by atoms with Crippen molar-refractivity contribution in [2.45, 2.75) is 251 Å². The molecular weight excluding hydrogens is 753 g/mol. The lowest BCUT2D eigenvalue weighted by Gasteiger charge is -2.55. The summed E-state index contributed by atoms with van der Waals surface area (Å²) >= 11 is 0. The van der Waals surface area contributed by atoms with E-state index in [0.29, 0.717) is 55.0 Å². The Bertz CT molecular complexity index is 1270. The number of anilines is 3. The van der Waals surface area contributed by atoms with Gasteiger partial charge in [-0.25, -0.2) is 0 Å². The van der Waals surface area contributed by atoms with Crippen LogP contribution in [0.3, 0.4) is 0 Å². The maximum atomic E-state index is 9.77. The van der Waals surface area contributed by atoms with Gasteiger partial charge in [-0.3, -0.25) is 9.68 Å². The van der Waals surface area contributed by atoms with E-state index in [1.165, 1.54) is 116 Å². The van der Waals surface area contributed by atoms with Gasteiger partial charge in [0.1, 0.15) is 0 Å². The number of nitrogens with one attached hydrogen (secondary N) is 3. The molecule has 2 saturated heterocycles. The fourth-order valence-electron chi connectivity index (χ4n) is 11.4. The highest BCUT2D eigenvalue weighted by Crippen LogP contribution is 2.46. The first kappa shape index (κ1) is 49.2. The van der Waals surface area contributed by atoms with Gasteiger partial charge in [0.25, 0.3) is 0 Å². The predicted molar refractivity (Wildman–Crippen MR) is 246 cm³/mol. The van der Waals surface area contributed by atoms with Gasteiger partial charge in [0.2, 0.25) is 17.8 Å². The highest BCUT2D eigenvalue weighted by atomic mass is 16.7. The van der Waals surface area contributed by atoms with Crippen molar-refractivity contribution in [3.8, 4) is 0 Å². The fraction of sp³-hybridized carbons (Fsp3) is 0.938. The molecule has 346 valence electrons.